The predicted octanol–water partition coefficient (Wildman–Crippen LogP) is 3.30. The van der Waals surface area contributed by atoms with Crippen LogP contribution in [0.5, 0.6) is 0 Å². The molecule has 1 aliphatic rings. The Morgan fingerprint density at radius 1 is 1.12 bits per heavy atom. The molecule has 1 heterocycles. The second kappa shape index (κ2) is 6.75. The molecule has 0 aliphatic carbocycles. The van der Waals surface area contributed by atoms with Gasteiger partial charge in [0.1, 0.15) is 0 Å². The minimum absolute atomic E-state index is 0.0573. The van der Waals surface area contributed by atoms with E-state index in [4.69, 9.17) is 11.6 Å². The van der Waals surface area contributed by atoms with Crippen LogP contribution in [0.4, 0.5) is 11.4 Å². The molecule has 6 nitrogen and oxygen atoms in total. The van der Waals surface area contributed by atoms with Crippen LogP contribution in [0.15, 0.2) is 41.3 Å². The molecule has 0 amide bonds. The number of halogens is 1. The van der Waals surface area contributed by atoms with E-state index < -0.39 is 20.0 Å². The molecule has 1 fully saturated rings. The summed E-state index contributed by atoms with van der Waals surface area (Å²) in [6, 6.07) is 9.64. The number of benzene rings is 2. The number of sulfonamides is 2. The van der Waals surface area contributed by atoms with Crippen LogP contribution in [0.25, 0.3) is 0 Å². The highest BCUT2D eigenvalue weighted by molar-refractivity contribution is 7.93. The lowest BCUT2D eigenvalue weighted by molar-refractivity contribution is 0.598. The summed E-state index contributed by atoms with van der Waals surface area (Å²) >= 11 is 6.15. The lowest BCUT2D eigenvalue weighted by Gasteiger charge is -2.19. The first-order chi connectivity index (χ1) is 12.1. The van der Waals surface area contributed by atoms with Crippen LogP contribution in [-0.2, 0) is 20.0 Å². The Hall–Kier alpha value is -1.77. The van der Waals surface area contributed by atoms with E-state index in [1.165, 1.54) is 22.5 Å². The molecule has 0 unspecified atom stereocenters. The molecule has 140 valence electrons. The molecule has 9 heteroatoms. The van der Waals surface area contributed by atoms with Crippen LogP contribution in [0.3, 0.4) is 0 Å². The van der Waals surface area contributed by atoms with Gasteiger partial charge in [-0.1, -0.05) is 23.7 Å². The highest BCUT2D eigenvalue weighted by Crippen LogP contribution is 2.34. The number of rotatable bonds is 4. The maximum atomic E-state index is 12.7. The first kappa shape index (κ1) is 19.0. The van der Waals surface area contributed by atoms with E-state index in [0.29, 0.717) is 18.5 Å². The Balaban J connectivity index is 1.98. The van der Waals surface area contributed by atoms with Crippen LogP contribution in [0.2, 0.25) is 5.02 Å². The highest BCUT2D eigenvalue weighted by atomic mass is 35.5. The zero-order valence-electron chi connectivity index (χ0n) is 14.4. The fraction of sp³-hybridized carbons (Fsp3) is 0.294. The van der Waals surface area contributed by atoms with E-state index in [0.717, 1.165) is 5.56 Å². The van der Waals surface area contributed by atoms with E-state index in [1.54, 1.807) is 19.1 Å². The van der Waals surface area contributed by atoms with E-state index in [1.807, 2.05) is 13.0 Å². The summed E-state index contributed by atoms with van der Waals surface area (Å²) in [6.45, 7) is 3.87. The van der Waals surface area contributed by atoms with Gasteiger partial charge in [-0.25, -0.2) is 16.8 Å². The third kappa shape index (κ3) is 3.67. The summed E-state index contributed by atoms with van der Waals surface area (Å²) in [5.41, 5.74) is 1.99. The molecule has 26 heavy (non-hydrogen) atoms. The average Bonchev–Trinajstić information content (AvgIpc) is 2.90. The van der Waals surface area contributed by atoms with Crippen molar-refractivity contribution < 1.29 is 16.8 Å². The third-order valence-electron chi connectivity index (χ3n) is 4.20. The van der Waals surface area contributed by atoms with E-state index in [9.17, 15) is 16.8 Å². The van der Waals surface area contributed by atoms with Crippen LogP contribution >= 0.6 is 11.6 Å². The van der Waals surface area contributed by atoms with Gasteiger partial charge in [0.15, 0.2) is 0 Å². The summed E-state index contributed by atoms with van der Waals surface area (Å²) in [7, 11) is -7.23. The Labute approximate surface area is 158 Å². The van der Waals surface area contributed by atoms with Crippen molar-refractivity contribution >= 4 is 43.0 Å². The molecule has 0 spiro atoms. The first-order valence-corrected chi connectivity index (χ1v) is 11.5. The SMILES string of the molecule is Cc1ccc(C)c(S(=O)(=O)Nc2ccc(Cl)c(N3CCCS3(=O)=O)c2)c1. The summed E-state index contributed by atoms with van der Waals surface area (Å²) in [5, 5.41) is 0.255. The Bertz CT molecular complexity index is 1070. The monoisotopic (exact) mass is 414 g/mol. The van der Waals surface area contributed by atoms with Crippen LogP contribution in [0.1, 0.15) is 17.5 Å². The van der Waals surface area contributed by atoms with Gasteiger partial charge >= 0.3 is 0 Å². The standard InChI is InChI=1S/C17H19ClN2O4S2/c1-12-4-5-13(2)17(10-12)26(23,24)19-14-6-7-15(18)16(11-14)20-8-3-9-25(20,21)22/h4-7,10-11,19H,3,8-9H2,1-2H3. The molecule has 1 saturated heterocycles. The Morgan fingerprint density at radius 2 is 1.85 bits per heavy atom. The quantitative estimate of drug-likeness (QED) is 0.831. The van der Waals surface area contributed by atoms with Crippen molar-refractivity contribution in [3.8, 4) is 0 Å². The second-order valence-corrected chi connectivity index (χ2v) is 10.4. The van der Waals surface area contributed by atoms with Gasteiger partial charge in [0.05, 0.1) is 27.0 Å². The van der Waals surface area contributed by atoms with Crippen molar-refractivity contribution in [2.75, 3.05) is 21.3 Å². The van der Waals surface area contributed by atoms with Gasteiger partial charge in [-0.05, 0) is 55.7 Å². The van der Waals surface area contributed by atoms with Gasteiger partial charge in [-0.2, -0.15) is 0 Å². The lowest BCUT2D eigenvalue weighted by Crippen LogP contribution is -2.25. The second-order valence-electron chi connectivity index (χ2n) is 6.28. The largest absolute Gasteiger partial charge is 0.280 e. The molecule has 0 saturated carbocycles. The molecular weight excluding hydrogens is 396 g/mol. The van der Waals surface area contributed by atoms with Gasteiger partial charge in [0.25, 0.3) is 10.0 Å². The zero-order valence-corrected chi connectivity index (χ0v) is 16.7. The number of aryl methyl sites for hydroxylation is 2. The van der Waals surface area contributed by atoms with Crippen molar-refractivity contribution in [1.82, 2.24) is 0 Å². The fourth-order valence-corrected chi connectivity index (χ4v) is 6.11. The molecule has 2 aromatic rings. The topological polar surface area (TPSA) is 83.6 Å². The zero-order chi connectivity index (χ0) is 19.1. The van der Waals surface area contributed by atoms with Crippen molar-refractivity contribution in [3.63, 3.8) is 0 Å². The molecule has 1 N–H and O–H groups in total. The molecule has 2 aromatic carbocycles. The summed E-state index contributed by atoms with van der Waals surface area (Å²) in [6.07, 6.45) is 0.511. The third-order valence-corrected chi connectivity index (χ3v) is 7.90. The summed E-state index contributed by atoms with van der Waals surface area (Å²) in [5.74, 6) is 0.0573. The minimum atomic E-state index is -3.81. The van der Waals surface area contributed by atoms with Gasteiger partial charge in [0, 0.05) is 6.54 Å². The van der Waals surface area contributed by atoms with E-state index in [-0.39, 0.29) is 27.0 Å². The molecule has 0 radical (unpaired) electrons. The number of nitrogens with one attached hydrogen (secondary N) is 1. The first-order valence-electron chi connectivity index (χ1n) is 8.00. The summed E-state index contributed by atoms with van der Waals surface area (Å²) in [4.78, 5) is 0.183. The maximum Gasteiger partial charge on any atom is 0.262 e. The molecular formula is C17H19ClN2O4S2. The highest BCUT2D eigenvalue weighted by Gasteiger charge is 2.30. The predicted molar refractivity (Wildman–Crippen MR) is 104 cm³/mol. The molecule has 3 rings (SSSR count). The van der Waals surface area contributed by atoms with Gasteiger partial charge in [-0.3, -0.25) is 9.03 Å². The van der Waals surface area contributed by atoms with Crippen LogP contribution < -0.4 is 9.03 Å². The molecule has 0 aromatic heterocycles. The number of hydrogen-bond acceptors (Lipinski definition) is 4. The maximum absolute atomic E-state index is 12.7. The van der Waals surface area contributed by atoms with E-state index in [2.05, 4.69) is 4.72 Å². The molecule has 1 aliphatic heterocycles. The fourth-order valence-electron chi connectivity index (χ4n) is 2.88. The number of nitrogens with zero attached hydrogens (tertiary/aromatic N) is 1. The molecule has 0 atom stereocenters. The normalized spacial score (nSPS) is 16.7. The van der Waals surface area contributed by atoms with Gasteiger partial charge < -0.3 is 0 Å². The van der Waals surface area contributed by atoms with Crippen LogP contribution in [-0.4, -0.2) is 29.1 Å². The number of anilines is 2. The lowest BCUT2D eigenvalue weighted by atomic mass is 10.2. The van der Waals surface area contributed by atoms with Crippen molar-refractivity contribution in [2.24, 2.45) is 0 Å². The van der Waals surface area contributed by atoms with Crippen molar-refractivity contribution in [2.45, 2.75) is 25.2 Å². The van der Waals surface area contributed by atoms with E-state index >= 15 is 0 Å². The van der Waals surface area contributed by atoms with Gasteiger partial charge in [-0.15, -0.1) is 0 Å². The Kier molecular flexibility index (Phi) is 4.94. The van der Waals surface area contributed by atoms with Gasteiger partial charge in [0.2, 0.25) is 10.0 Å². The Morgan fingerprint density at radius 3 is 2.50 bits per heavy atom. The molecule has 0 bridgehead atoms. The van der Waals surface area contributed by atoms with Crippen molar-refractivity contribution in [1.29, 1.82) is 0 Å². The smallest absolute Gasteiger partial charge is 0.262 e. The average molecular weight is 415 g/mol. The van der Waals surface area contributed by atoms with Crippen LogP contribution in [0, 0.1) is 13.8 Å². The number of hydrogen-bond donors (Lipinski definition) is 1. The summed E-state index contributed by atoms with van der Waals surface area (Å²) < 4.78 is 53.5. The van der Waals surface area contributed by atoms with Crippen molar-refractivity contribution in [3.05, 3.63) is 52.5 Å². The minimum Gasteiger partial charge on any atom is -0.280 e.